The molecule has 1 amide bonds. The molecule has 0 radical (unpaired) electrons. The zero-order valence-corrected chi connectivity index (χ0v) is 15.5. The van der Waals surface area contributed by atoms with Gasteiger partial charge in [-0.3, -0.25) is 4.79 Å². The first-order chi connectivity index (χ1) is 12.7. The summed E-state index contributed by atoms with van der Waals surface area (Å²) >= 11 is 1.62. The average molecular weight is 368 g/mol. The Morgan fingerprint density at radius 3 is 2.62 bits per heavy atom. The normalized spacial score (nSPS) is 10.4. The number of pyridine rings is 1. The summed E-state index contributed by atoms with van der Waals surface area (Å²) in [5, 5.41) is 2.00. The Bertz CT molecular complexity index is 848. The number of methoxy groups -OCH3 is 1. The van der Waals surface area contributed by atoms with Gasteiger partial charge in [0.05, 0.1) is 20.3 Å². The Labute approximate surface area is 156 Å². The van der Waals surface area contributed by atoms with Crippen molar-refractivity contribution in [3.8, 4) is 11.6 Å². The maximum Gasteiger partial charge on any atom is 0.264 e. The number of carbonyl (C=O) groups is 1. The molecule has 1 aromatic carbocycles. The zero-order chi connectivity index (χ0) is 18.4. The molecule has 2 aromatic heterocycles. The first kappa shape index (κ1) is 17.9. The molecular formula is C20H20N2O3S. The number of aromatic nitrogens is 1. The predicted molar refractivity (Wildman–Crippen MR) is 103 cm³/mol. The van der Waals surface area contributed by atoms with E-state index in [2.05, 4.69) is 4.98 Å². The van der Waals surface area contributed by atoms with E-state index in [0.29, 0.717) is 24.6 Å². The van der Waals surface area contributed by atoms with Gasteiger partial charge in [-0.1, -0.05) is 6.07 Å². The van der Waals surface area contributed by atoms with Crippen LogP contribution in [0.25, 0.3) is 0 Å². The van der Waals surface area contributed by atoms with E-state index in [0.717, 1.165) is 16.3 Å². The minimum Gasteiger partial charge on any atom is -0.497 e. The molecule has 0 unspecified atom stereocenters. The number of hydrogen-bond donors (Lipinski definition) is 0. The fraction of sp³-hybridized carbons (Fsp3) is 0.200. The van der Waals surface area contributed by atoms with E-state index in [4.69, 9.17) is 9.47 Å². The third-order valence-corrected chi connectivity index (χ3v) is 4.67. The maximum atomic E-state index is 13.3. The number of ether oxygens (including phenoxy) is 2. The lowest BCUT2D eigenvalue weighted by Crippen LogP contribution is -2.30. The smallest absolute Gasteiger partial charge is 0.264 e. The quantitative estimate of drug-likeness (QED) is 0.620. The average Bonchev–Trinajstić information content (AvgIpc) is 3.20. The SMILES string of the molecule is CCOc1ncccc1C(=O)N(Cc1cccs1)c1ccc(OC)cc1. The summed E-state index contributed by atoms with van der Waals surface area (Å²) in [7, 11) is 1.62. The number of carbonyl (C=O) groups excluding carboxylic acids is 1. The van der Waals surface area contributed by atoms with Crippen molar-refractivity contribution in [3.63, 3.8) is 0 Å². The number of benzene rings is 1. The van der Waals surface area contributed by atoms with Crippen LogP contribution in [-0.2, 0) is 6.54 Å². The Hall–Kier alpha value is -2.86. The van der Waals surface area contributed by atoms with Crippen molar-refractivity contribution >= 4 is 22.9 Å². The third-order valence-electron chi connectivity index (χ3n) is 3.81. The van der Waals surface area contributed by atoms with Crippen LogP contribution in [0.5, 0.6) is 11.6 Å². The summed E-state index contributed by atoms with van der Waals surface area (Å²) in [6, 6.07) is 14.9. The highest BCUT2D eigenvalue weighted by Gasteiger charge is 2.22. The van der Waals surface area contributed by atoms with Crippen molar-refractivity contribution in [1.29, 1.82) is 0 Å². The van der Waals surface area contributed by atoms with E-state index in [1.54, 1.807) is 41.7 Å². The van der Waals surface area contributed by atoms with Gasteiger partial charge in [0.25, 0.3) is 5.91 Å². The summed E-state index contributed by atoms with van der Waals surface area (Å²) in [4.78, 5) is 20.3. The van der Waals surface area contributed by atoms with Crippen LogP contribution < -0.4 is 14.4 Å². The molecule has 0 spiro atoms. The van der Waals surface area contributed by atoms with Crippen LogP contribution >= 0.6 is 11.3 Å². The second kappa shape index (κ2) is 8.49. The highest BCUT2D eigenvalue weighted by Crippen LogP contribution is 2.26. The topological polar surface area (TPSA) is 51.7 Å². The van der Waals surface area contributed by atoms with Crippen LogP contribution in [-0.4, -0.2) is 24.6 Å². The van der Waals surface area contributed by atoms with Crippen LogP contribution in [0.1, 0.15) is 22.2 Å². The van der Waals surface area contributed by atoms with Crippen molar-refractivity contribution in [2.24, 2.45) is 0 Å². The summed E-state index contributed by atoms with van der Waals surface area (Å²) in [6.07, 6.45) is 1.62. The van der Waals surface area contributed by atoms with Crippen LogP contribution in [0.15, 0.2) is 60.1 Å². The number of anilines is 1. The Balaban J connectivity index is 1.97. The summed E-state index contributed by atoms with van der Waals surface area (Å²) < 4.78 is 10.8. The summed E-state index contributed by atoms with van der Waals surface area (Å²) in [6.45, 7) is 2.80. The van der Waals surface area contributed by atoms with Crippen LogP contribution in [0.4, 0.5) is 5.69 Å². The molecule has 5 nitrogen and oxygen atoms in total. The third kappa shape index (κ3) is 4.03. The van der Waals surface area contributed by atoms with Gasteiger partial charge < -0.3 is 14.4 Å². The largest absolute Gasteiger partial charge is 0.497 e. The van der Waals surface area contributed by atoms with Crippen molar-refractivity contribution in [1.82, 2.24) is 4.98 Å². The van der Waals surface area contributed by atoms with Crippen molar-refractivity contribution in [2.45, 2.75) is 13.5 Å². The number of nitrogens with zero attached hydrogens (tertiary/aromatic N) is 2. The second-order valence-corrected chi connectivity index (χ2v) is 6.49. The van der Waals surface area contributed by atoms with Gasteiger partial charge in [-0.25, -0.2) is 4.98 Å². The lowest BCUT2D eigenvalue weighted by molar-refractivity contribution is 0.0981. The first-order valence-electron chi connectivity index (χ1n) is 8.29. The van der Waals surface area contributed by atoms with E-state index in [9.17, 15) is 4.79 Å². The molecule has 0 atom stereocenters. The van der Waals surface area contributed by atoms with E-state index in [1.165, 1.54) is 0 Å². The maximum absolute atomic E-state index is 13.3. The predicted octanol–water partition coefficient (Wildman–Crippen LogP) is 4.40. The van der Waals surface area contributed by atoms with Crippen LogP contribution in [0, 0.1) is 0 Å². The number of rotatable bonds is 7. The van der Waals surface area contributed by atoms with Crippen LogP contribution in [0.2, 0.25) is 0 Å². The minimum absolute atomic E-state index is 0.153. The van der Waals surface area contributed by atoms with Gasteiger partial charge >= 0.3 is 0 Å². The number of thiophene rings is 1. The highest BCUT2D eigenvalue weighted by atomic mass is 32.1. The Morgan fingerprint density at radius 2 is 1.96 bits per heavy atom. The molecule has 6 heteroatoms. The molecule has 0 saturated heterocycles. The molecule has 3 rings (SSSR count). The van der Waals surface area contributed by atoms with Gasteiger partial charge in [0, 0.05) is 16.8 Å². The molecule has 0 N–H and O–H groups in total. The fourth-order valence-corrected chi connectivity index (χ4v) is 3.24. The van der Waals surface area contributed by atoms with Gasteiger partial charge in [0.2, 0.25) is 5.88 Å². The molecule has 134 valence electrons. The standard InChI is InChI=1S/C20H20N2O3S/c1-3-25-19-18(7-4-12-21-19)20(23)22(14-17-6-5-13-26-17)15-8-10-16(24-2)11-9-15/h4-13H,3,14H2,1-2H3. The van der Waals surface area contributed by atoms with Gasteiger partial charge in [-0.2, -0.15) is 0 Å². The van der Waals surface area contributed by atoms with Gasteiger partial charge in [0.1, 0.15) is 11.3 Å². The molecule has 26 heavy (non-hydrogen) atoms. The number of hydrogen-bond acceptors (Lipinski definition) is 5. The Morgan fingerprint density at radius 1 is 1.15 bits per heavy atom. The molecule has 0 aliphatic rings. The molecule has 0 aliphatic carbocycles. The van der Waals surface area contributed by atoms with Gasteiger partial charge in [0.15, 0.2) is 0 Å². The van der Waals surface area contributed by atoms with Crippen molar-refractivity contribution < 1.29 is 14.3 Å². The lowest BCUT2D eigenvalue weighted by Gasteiger charge is -2.23. The van der Waals surface area contributed by atoms with E-state index in [-0.39, 0.29) is 5.91 Å². The Kier molecular flexibility index (Phi) is 5.86. The molecule has 0 fully saturated rings. The van der Waals surface area contributed by atoms with E-state index in [1.807, 2.05) is 48.7 Å². The van der Waals surface area contributed by atoms with Crippen LogP contribution in [0.3, 0.4) is 0 Å². The molecule has 2 heterocycles. The van der Waals surface area contributed by atoms with Gasteiger partial charge in [-0.05, 0) is 54.8 Å². The molecule has 0 aliphatic heterocycles. The van der Waals surface area contributed by atoms with E-state index < -0.39 is 0 Å². The fourth-order valence-electron chi connectivity index (χ4n) is 2.55. The first-order valence-corrected chi connectivity index (χ1v) is 9.17. The van der Waals surface area contributed by atoms with E-state index >= 15 is 0 Å². The highest BCUT2D eigenvalue weighted by molar-refractivity contribution is 7.09. The number of amides is 1. The minimum atomic E-state index is -0.153. The lowest BCUT2D eigenvalue weighted by atomic mass is 10.2. The van der Waals surface area contributed by atoms with Crippen molar-refractivity contribution in [3.05, 3.63) is 70.5 Å². The van der Waals surface area contributed by atoms with Crippen molar-refractivity contribution in [2.75, 3.05) is 18.6 Å². The molecule has 0 bridgehead atoms. The monoisotopic (exact) mass is 368 g/mol. The molecular weight excluding hydrogens is 348 g/mol. The van der Waals surface area contributed by atoms with Gasteiger partial charge in [-0.15, -0.1) is 11.3 Å². The molecule has 0 saturated carbocycles. The summed E-state index contributed by atoms with van der Waals surface area (Å²) in [5.74, 6) is 0.943. The molecule has 3 aromatic rings. The zero-order valence-electron chi connectivity index (χ0n) is 14.7. The summed E-state index contributed by atoms with van der Waals surface area (Å²) in [5.41, 5.74) is 1.23. The second-order valence-electron chi connectivity index (χ2n) is 5.46.